The third-order valence-corrected chi connectivity index (χ3v) is 11.9. The quantitative estimate of drug-likeness (QED) is 0.646. The van der Waals surface area contributed by atoms with Gasteiger partial charge in [-0.25, -0.2) is 0 Å². The van der Waals surface area contributed by atoms with E-state index in [2.05, 4.69) is 71.2 Å². The molecule has 1 nitrogen and oxygen atoms in total. The Morgan fingerprint density at radius 1 is 1.22 bits per heavy atom. The molecule has 0 aromatic rings. The van der Waals surface area contributed by atoms with E-state index < -0.39 is 8.32 Å². The Hall–Kier alpha value is 0.877. The summed E-state index contributed by atoms with van der Waals surface area (Å²) in [6.45, 7) is 16.3. The van der Waals surface area contributed by atoms with E-state index in [1.807, 2.05) is 0 Å². The van der Waals surface area contributed by atoms with Gasteiger partial charge in [-0.1, -0.05) is 20.8 Å². The molecule has 1 fully saturated rings. The molecule has 0 bridgehead atoms. The minimum Gasteiger partial charge on any atom is -0.414 e. The lowest BCUT2D eigenvalue weighted by atomic mass is 10.2. The topological polar surface area (TPSA) is 9.23 Å². The van der Waals surface area contributed by atoms with Crippen molar-refractivity contribution in [1.82, 2.24) is 0 Å². The Labute approximate surface area is 123 Å². The second kappa shape index (κ2) is 6.11. The fourth-order valence-corrected chi connectivity index (χ4v) is 6.64. The van der Waals surface area contributed by atoms with Gasteiger partial charge in [-0.05, 0) is 56.3 Å². The van der Waals surface area contributed by atoms with Gasteiger partial charge >= 0.3 is 0 Å². The highest BCUT2D eigenvalue weighted by molar-refractivity contribution is 8.18. The van der Waals surface area contributed by atoms with Crippen molar-refractivity contribution in [3.63, 3.8) is 0 Å². The van der Waals surface area contributed by atoms with Gasteiger partial charge in [0, 0.05) is 6.10 Å². The van der Waals surface area contributed by atoms with Crippen LogP contribution >= 0.6 is 23.5 Å². The van der Waals surface area contributed by atoms with Crippen LogP contribution in [-0.2, 0) is 4.43 Å². The largest absolute Gasteiger partial charge is 0.414 e. The van der Waals surface area contributed by atoms with E-state index in [4.69, 9.17) is 4.43 Å². The van der Waals surface area contributed by atoms with Crippen LogP contribution in [0.1, 0.15) is 47.5 Å². The van der Waals surface area contributed by atoms with Gasteiger partial charge in [-0.15, -0.1) is 23.5 Å². The summed E-state index contributed by atoms with van der Waals surface area (Å²) in [7, 11) is -1.60. The molecule has 0 amide bonds. The predicted octanol–water partition coefficient (Wildman–Crippen LogP) is 5.37. The van der Waals surface area contributed by atoms with Crippen LogP contribution in [0.4, 0.5) is 0 Å². The lowest BCUT2D eigenvalue weighted by Crippen LogP contribution is -2.44. The minimum atomic E-state index is -1.60. The molecule has 0 aromatic carbocycles. The maximum Gasteiger partial charge on any atom is 0.192 e. The molecular formula is C14H30OS2Si. The van der Waals surface area contributed by atoms with Gasteiger partial charge < -0.3 is 4.43 Å². The van der Waals surface area contributed by atoms with Crippen molar-refractivity contribution in [1.29, 1.82) is 0 Å². The van der Waals surface area contributed by atoms with Crippen LogP contribution in [0.25, 0.3) is 0 Å². The Morgan fingerprint density at radius 2 is 1.72 bits per heavy atom. The van der Waals surface area contributed by atoms with Crippen molar-refractivity contribution in [3.8, 4) is 0 Å². The highest BCUT2D eigenvalue weighted by Gasteiger charge is 2.40. The molecule has 1 heterocycles. The molecule has 4 heteroatoms. The zero-order chi connectivity index (χ0) is 14.0. The van der Waals surface area contributed by atoms with Crippen LogP contribution in [0.15, 0.2) is 0 Å². The predicted molar refractivity (Wildman–Crippen MR) is 90.3 cm³/mol. The van der Waals surface area contributed by atoms with E-state index in [0.29, 0.717) is 15.2 Å². The monoisotopic (exact) mass is 306 g/mol. The van der Waals surface area contributed by atoms with E-state index in [9.17, 15) is 0 Å². The summed E-state index contributed by atoms with van der Waals surface area (Å²) in [6.07, 6.45) is 2.92. The van der Waals surface area contributed by atoms with Gasteiger partial charge in [-0.3, -0.25) is 0 Å². The van der Waals surface area contributed by atoms with Crippen LogP contribution in [0.5, 0.6) is 0 Å². The standard InChI is InChI=1S/C14H30OS2Si/c1-12(15-18(6,7)13(2,3)4)11-14(5)16-9-8-10-17-14/h12H,8-11H2,1-7H3/t12-/m0/s1. The summed E-state index contributed by atoms with van der Waals surface area (Å²) in [4.78, 5) is 0. The summed E-state index contributed by atoms with van der Waals surface area (Å²) in [5.41, 5.74) is 0. The normalized spacial score (nSPS) is 22.8. The lowest BCUT2D eigenvalue weighted by Gasteiger charge is -2.41. The van der Waals surface area contributed by atoms with Crippen LogP contribution < -0.4 is 0 Å². The van der Waals surface area contributed by atoms with E-state index in [1.54, 1.807) is 0 Å². The van der Waals surface area contributed by atoms with Gasteiger partial charge in [0.1, 0.15) is 0 Å². The van der Waals surface area contributed by atoms with Crippen LogP contribution in [0.2, 0.25) is 18.1 Å². The molecule has 18 heavy (non-hydrogen) atoms. The lowest BCUT2D eigenvalue weighted by molar-refractivity contribution is 0.187. The molecule has 0 unspecified atom stereocenters. The van der Waals surface area contributed by atoms with E-state index in [-0.39, 0.29) is 0 Å². The van der Waals surface area contributed by atoms with Crippen LogP contribution in [-0.4, -0.2) is 30.0 Å². The van der Waals surface area contributed by atoms with Gasteiger partial charge in [0.25, 0.3) is 0 Å². The second-order valence-corrected chi connectivity index (χ2v) is 15.3. The van der Waals surface area contributed by atoms with Crippen molar-refractivity contribution in [2.45, 2.75) is 75.8 Å². The average molecular weight is 307 g/mol. The first-order valence-corrected chi connectivity index (χ1v) is 11.9. The van der Waals surface area contributed by atoms with E-state index in [1.165, 1.54) is 24.3 Å². The molecule has 1 aliphatic heterocycles. The van der Waals surface area contributed by atoms with Crippen LogP contribution in [0, 0.1) is 0 Å². The second-order valence-electron chi connectivity index (χ2n) is 7.08. The Kier molecular flexibility index (Phi) is 5.74. The maximum absolute atomic E-state index is 6.48. The van der Waals surface area contributed by atoms with Gasteiger partial charge in [0.15, 0.2) is 8.32 Å². The molecular weight excluding hydrogens is 276 g/mol. The van der Waals surface area contributed by atoms with Gasteiger partial charge in [0.05, 0.1) is 4.08 Å². The number of hydrogen-bond acceptors (Lipinski definition) is 3. The van der Waals surface area contributed by atoms with Gasteiger partial charge in [-0.2, -0.15) is 0 Å². The number of rotatable bonds is 4. The number of hydrogen-bond donors (Lipinski definition) is 0. The van der Waals surface area contributed by atoms with Gasteiger partial charge in [0.2, 0.25) is 0 Å². The smallest absolute Gasteiger partial charge is 0.192 e. The average Bonchev–Trinajstić information content (AvgIpc) is 2.14. The third-order valence-electron chi connectivity index (χ3n) is 4.06. The Morgan fingerprint density at radius 3 is 2.17 bits per heavy atom. The highest BCUT2D eigenvalue weighted by atomic mass is 32.2. The van der Waals surface area contributed by atoms with E-state index in [0.717, 1.165) is 0 Å². The molecule has 0 saturated carbocycles. The fraction of sp³-hybridized carbons (Fsp3) is 1.00. The zero-order valence-electron chi connectivity index (χ0n) is 13.1. The molecule has 1 rings (SSSR count). The molecule has 0 aliphatic carbocycles. The summed E-state index contributed by atoms with van der Waals surface area (Å²) >= 11 is 4.25. The first-order chi connectivity index (χ1) is 8.06. The summed E-state index contributed by atoms with van der Waals surface area (Å²) < 4.78 is 6.86. The van der Waals surface area contributed by atoms with Crippen molar-refractivity contribution < 1.29 is 4.43 Å². The molecule has 0 spiro atoms. The molecule has 0 aromatic heterocycles. The third kappa shape index (κ3) is 4.77. The molecule has 108 valence electrons. The van der Waals surface area contributed by atoms with E-state index >= 15 is 0 Å². The molecule has 0 radical (unpaired) electrons. The Bertz CT molecular complexity index is 267. The number of thioether (sulfide) groups is 2. The highest BCUT2D eigenvalue weighted by Crippen LogP contribution is 2.46. The Balaban J connectivity index is 2.53. The summed E-state index contributed by atoms with van der Waals surface area (Å²) in [6, 6.07) is 0. The summed E-state index contributed by atoms with van der Waals surface area (Å²) in [5, 5.41) is 0.314. The SMILES string of the molecule is C[C@@H](CC1(C)SCCCS1)O[Si](C)(C)C(C)(C)C. The molecule has 1 aliphatic rings. The minimum absolute atomic E-state index is 0.314. The molecule has 1 atom stereocenters. The summed E-state index contributed by atoms with van der Waals surface area (Å²) in [5.74, 6) is 2.63. The fourth-order valence-electron chi connectivity index (χ4n) is 2.04. The van der Waals surface area contributed by atoms with Crippen molar-refractivity contribution >= 4 is 31.8 Å². The zero-order valence-corrected chi connectivity index (χ0v) is 15.8. The van der Waals surface area contributed by atoms with Crippen molar-refractivity contribution in [3.05, 3.63) is 0 Å². The molecule has 1 saturated heterocycles. The first-order valence-electron chi connectivity index (χ1n) is 7.01. The maximum atomic E-state index is 6.48. The first kappa shape index (κ1) is 16.9. The molecule has 0 N–H and O–H groups in total. The van der Waals surface area contributed by atoms with Crippen LogP contribution in [0.3, 0.4) is 0 Å². The van der Waals surface area contributed by atoms with Crippen molar-refractivity contribution in [2.24, 2.45) is 0 Å². The van der Waals surface area contributed by atoms with Crippen molar-refractivity contribution in [2.75, 3.05) is 11.5 Å².